The summed E-state index contributed by atoms with van der Waals surface area (Å²) in [5.74, 6) is 0.571. The summed E-state index contributed by atoms with van der Waals surface area (Å²) in [6.45, 7) is 0.990. The Morgan fingerprint density at radius 1 is 1.29 bits per heavy atom. The number of rotatable bonds is 1. The first-order chi connectivity index (χ1) is 11.6. The van der Waals surface area contributed by atoms with Gasteiger partial charge in [0.25, 0.3) is 11.8 Å². The summed E-state index contributed by atoms with van der Waals surface area (Å²) < 4.78 is 5.31. The van der Waals surface area contributed by atoms with E-state index < -0.39 is 0 Å². The van der Waals surface area contributed by atoms with Gasteiger partial charge >= 0.3 is 0 Å². The van der Waals surface area contributed by atoms with E-state index in [9.17, 15) is 9.59 Å². The molecule has 0 saturated carbocycles. The first-order valence-electron chi connectivity index (χ1n) is 7.57. The van der Waals surface area contributed by atoms with Gasteiger partial charge in [-0.15, -0.1) is 5.10 Å². The summed E-state index contributed by atoms with van der Waals surface area (Å²) in [7, 11) is 0. The highest BCUT2D eigenvalue weighted by Gasteiger charge is 2.25. The van der Waals surface area contributed by atoms with Crippen LogP contribution in [-0.2, 0) is 17.8 Å². The Balaban J connectivity index is 1.58. The van der Waals surface area contributed by atoms with Crippen molar-refractivity contribution in [1.29, 1.82) is 0 Å². The lowest BCUT2D eigenvalue weighted by Crippen LogP contribution is -2.36. The summed E-state index contributed by atoms with van der Waals surface area (Å²) in [6, 6.07) is 6.79. The number of amides is 2. The summed E-state index contributed by atoms with van der Waals surface area (Å²) in [6.07, 6.45) is 0.638. The topological polar surface area (TPSA) is 110 Å². The third-order valence-electron chi connectivity index (χ3n) is 4.11. The van der Waals surface area contributed by atoms with Crippen molar-refractivity contribution in [1.82, 2.24) is 15.1 Å². The molecule has 2 aliphatic rings. The highest BCUT2D eigenvalue weighted by molar-refractivity contribution is 5.99. The Bertz CT molecular complexity index is 852. The van der Waals surface area contributed by atoms with Gasteiger partial charge in [0.05, 0.1) is 11.4 Å². The second kappa shape index (κ2) is 5.48. The van der Waals surface area contributed by atoms with Gasteiger partial charge in [-0.05, 0) is 29.8 Å². The first kappa shape index (κ1) is 14.4. The van der Waals surface area contributed by atoms with Crippen molar-refractivity contribution in [2.45, 2.75) is 13.0 Å². The minimum Gasteiger partial charge on any atom is -0.482 e. The van der Waals surface area contributed by atoms with Crippen LogP contribution in [0, 0.1) is 0 Å². The van der Waals surface area contributed by atoms with Gasteiger partial charge in [0.15, 0.2) is 6.61 Å². The maximum atomic E-state index is 12.8. The van der Waals surface area contributed by atoms with Crippen LogP contribution in [0.3, 0.4) is 0 Å². The summed E-state index contributed by atoms with van der Waals surface area (Å²) >= 11 is 0. The van der Waals surface area contributed by atoms with Crippen LogP contribution >= 0.6 is 0 Å². The number of aromatic nitrogens is 2. The predicted molar refractivity (Wildman–Crippen MR) is 85.5 cm³/mol. The number of nitrogen functional groups attached to an aromatic ring is 1. The molecule has 2 aromatic rings. The largest absolute Gasteiger partial charge is 0.482 e. The van der Waals surface area contributed by atoms with E-state index in [0.29, 0.717) is 42.3 Å². The molecule has 3 heterocycles. The summed E-state index contributed by atoms with van der Waals surface area (Å²) in [4.78, 5) is 25.9. The van der Waals surface area contributed by atoms with Gasteiger partial charge in [-0.1, -0.05) is 0 Å². The second-order valence-electron chi connectivity index (χ2n) is 5.77. The van der Waals surface area contributed by atoms with Crippen LogP contribution in [0.2, 0.25) is 0 Å². The number of nitrogens with two attached hydrogens (primary N) is 1. The molecule has 122 valence electrons. The van der Waals surface area contributed by atoms with Crippen molar-refractivity contribution in [3.05, 3.63) is 41.1 Å². The molecule has 3 N–H and O–H groups in total. The standard InChI is InChI=1S/C16H15N5O3/c17-14-6-10-7-21(4-3-11(10)19-20-14)16(23)9-1-2-13-12(5-9)18-15(22)8-24-13/h1-2,5-6H,3-4,7-8H2,(H2,17,20)(H,18,22). The van der Waals surface area contributed by atoms with Crippen molar-refractivity contribution in [3.8, 4) is 5.75 Å². The lowest BCUT2D eigenvalue weighted by atomic mass is 10.0. The quantitative estimate of drug-likeness (QED) is 0.794. The molecule has 0 spiro atoms. The van der Waals surface area contributed by atoms with Crippen LogP contribution in [0.5, 0.6) is 5.75 Å². The molecule has 0 unspecified atom stereocenters. The van der Waals surface area contributed by atoms with Gasteiger partial charge in [0.1, 0.15) is 11.6 Å². The van der Waals surface area contributed by atoms with Gasteiger partial charge in [-0.25, -0.2) is 0 Å². The molecule has 8 nitrogen and oxygen atoms in total. The van der Waals surface area contributed by atoms with Gasteiger partial charge in [-0.2, -0.15) is 5.10 Å². The van der Waals surface area contributed by atoms with E-state index in [1.807, 2.05) is 0 Å². The smallest absolute Gasteiger partial charge is 0.262 e. The predicted octanol–water partition coefficient (Wildman–Crippen LogP) is 0.588. The Hall–Kier alpha value is -3.16. The van der Waals surface area contributed by atoms with Crippen molar-refractivity contribution < 1.29 is 14.3 Å². The number of anilines is 2. The molecular weight excluding hydrogens is 310 g/mol. The fourth-order valence-corrected chi connectivity index (χ4v) is 2.92. The Morgan fingerprint density at radius 3 is 3.04 bits per heavy atom. The second-order valence-corrected chi connectivity index (χ2v) is 5.77. The van der Waals surface area contributed by atoms with E-state index >= 15 is 0 Å². The fourth-order valence-electron chi connectivity index (χ4n) is 2.92. The number of hydrogen-bond acceptors (Lipinski definition) is 6. The van der Waals surface area contributed by atoms with Crippen LogP contribution in [0.15, 0.2) is 24.3 Å². The van der Waals surface area contributed by atoms with Crippen molar-refractivity contribution in [2.24, 2.45) is 0 Å². The fraction of sp³-hybridized carbons (Fsp3) is 0.250. The molecule has 1 aromatic heterocycles. The minimum atomic E-state index is -0.229. The normalized spacial score (nSPS) is 15.8. The summed E-state index contributed by atoms with van der Waals surface area (Å²) in [5, 5.41) is 10.6. The van der Waals surface area contributed by atoms with E-state index in [2.05, 4.69) is 15.5 Å². The zero-order valence-electron chi connectivity index (χ0n) is 12.8. The molecule has 24 heavy (non-hydrogen) atoms. The third-order valence-corrected chi connectivity index (χ3v) is 4.11. The van der Waals surface area contributed by atoms with Crippen LogP contribution in [0.1, 0.15) is 21.6 Å². The number of fused-ring (bicyclic) bond motifs is 2. The maximum absolute atomic E-state index is 12.8. The maximum Gasteiger partial charge on any atom is 0.262 e. The van der Waals surface area contributed by atoms with Crippen LogP contribution in [0.4, 0.5) is 11.5 Å². The lowest BCUT2D eigenvalue weighted by molar-refractivity contribution is -0.118. The number of carbonyl (C=O) groups excluding carboxylic acids is 2. The molecule has 2 aliphatic heterocycles. The molecule has 0 radical (unpaired) electrons. The molecular formula is C16H15N5O3. The number of nitrogens with zero attached hydrogens (tertiary/aromatic N) is 3. The number of carbonyl (C=O) groups is 2. The highest BCUT2D eigenvalue weighted by Crippen LogP contribution is 2.29. The number of hydrogen-bond donors (Lipinski definition) is 2. The van der Waals surface area contributed by atoms with Crippen LogP contribution in [0.25, 0.3) is 0 Å². The molecule has 0 fully saturated rings. The molecule has 8 heteroatoms. The monoisotopic (exact) mass is 325 g/mol. The van der Waals surface area contributed by atoms with E-state index in [1.165, 1.54) is 0 Å². The van der Waals surface area contributed by atoms with Gasteiger partial charge in [-0.3, -0.25) is 9.59 Å². The highest BCUT2D eigenvalue weighted by atomic mass is 16.5. The van der Waals surface area contributed by atoms with E-state index in [1.54, 1.807) is 29.2 Å². The Morgan fingerprint density at radius 2 is 2.17 bits per heavy atom. The molecule has 0 atom stereocenters. The minimum absolute atomic E-state index is 0.00827. The number of nitrogens with one attached hydrogen (secondary N) is 1. The SMILES string of the molecule is Nc1cc2c(nn1)CCN(C(=O)c1ccc3c(c1)NC(=O)CO3)C2. The zero-order chi connectivity index (χ0) is 16.7. The van der Waals surface area contributed by atoms with Crippen LogP contribution in [-0.4, -0.2) is 40.1 Å². The van der Waals surface area contributed by atoms with Crippen molar-refractivity contribution in [2.75, 3.05) is 24.2 Å². The Labute approximate surface area is 137 Å². The first-order valence-corrected chi connectivity index (χ1v) is 7.57. The van der Waals surface area contributed by atoms with E-state index in [-0.39, 0.29) is 18.4 Å². The molecule has 0 bridgehead atoms. The molecule has 2 amide bonds. The van der Waals surface area contributed by atoms with Gasteiger partial charge in [0, 0.05) is 25.1 Å². The van der Waals surface area contributed by atoms with Crippen molar-refractivity contribution in [3.63, 3.8) is 0 Å². The molecule has 1 aromatic carbocycles. The van der Waals surface area contributed by atoms with Gasteiger partial charge in [0.2, 0.25) is 0 Å². The van der Waals surface area contributed by atoms with E-state index in [4.69, 9.17) is 10.5 Å². The van der Waals surface area contributed by atoms with E-state index in [0.717, 1.165) is 11.3 Å². The zero-order valence-corrected chi connectivity index (χ0v) is 12.8. The van der Waals surface area contributed by atoms with Gasteiger partial charge < -0.3 is 20.7 Å². The Kier molecular flexibility index (Phi) is 3.30. The third kappa shape index (κ3) is 2.51. The number of benzene rings is 1. The average Bonchev–Trinajstić information content (AvgIpc) is 2.59. The average molecular weight is 325 g/mol. The summed E-state index contributed by atoms with van der Waals surface area (Å²) in [5.41, 5.74) is 8.48. The molecule has 0 aliphatic carbocycles. The molecule has 4 rings (SSSR count). The number of ether oxygens (including phenoxy) is 1. The van der Waals surface area contributed by atoms with Crippen LogP contribution < -0.4 is 15.8 Å². The lowest BCUT2D eigenvalue weighted by Gasteiger charge is -2.28. The van der Waals surface area contributed by atoms with Crippen molar-refractivity contribution >= 4 is 23.3 Å². The molecule has 0 saturated heterocycles.